The lowest BCUT2D eigenvalue weighted by Gasteiger charge is -2.18. The number of hydrogen-bond donors (Lipinski definition) is 1. The van der Waals surface area contributed by atoms with E-state index < -0.39 is 0 Å². The lowest BCUT2D eigenvalue weighted by molar-refractivity contribution is -0.121. The second-order valence-electron chi connectivity index (χ2n) is 5.55. The average Bonchev–Trinajstić information content (AvgIpc) is 3.18. The summed E-state index contributed by atoms with van der Waals surface area (Å²) in [6, 6.07) is 11.2. The smallest absolute Gasteiger partial charge is 0.325 e. The molecule has 1 N–H and O–H groups in total. The minimum absolute atomic E-state index is 0.0574. The summed E-state index contributed by atoms with van der Waals surface area (Å²) in [4.78, 5) is 27.6. The molecule has 0 spiro atoms. The molecule has 1 aromatic carbocycles. The Kier molecular flexibility index (Phi) is 4.32. The minimum atomic E-state index is -0.194. The first-order valence-electron chi connectivity index (χ1n) is 7.55. The molecule has 1 saturated heterocycles. The molecular weight excluding hydrogens is 294 g/mol. The van der Waals surface area contributed by atoms with Gasteiger partial charge in [-0.05, 0) is 31.2 Å². The number of furan rings is 1. The molecule has 0 aliphatic carbocycles. The highest BCUT2D eigenvalue weighted by Crippen LogP contribution is 2.20. The Hall–Kier alpha value is -2.76. The monoisotopic (exact) mass is 313 g/mol. The molecule has 3 amide bonds. The Morgan fingerprint density at radius 1 is 1.22 bits per heavy atom. The van der Waals surface area contributed by atoms with Gasteiger partial charge in [0.2, 0.25) is 5.91 Å². The second kappa shape index (κ2) is 6.56. The van der Waals surface area contributed by atoms with Crippen LogP contribution in [0.2, 0.25) is 0 Å². The quantitative estimate of drug-likeness (QED) is 0.920. The molecule has 120 valence electrons. The number of benzene rings is 1. The van der Waals surface area contributed by atoms with E-state index in [0.717, 1.165) is 11.3 Å². The van der Waals surface area contributed by atoms with Gasteiger partial charge in [0.15, 0.2) is 0 Å². The number of carbonyl (C=O) groups is 2. The van der Waals surface area contributed by atoms with Gasteiger partial charge in [-0.3, -0.25) is 9.69 Å². The first kappa shape index (κ1) is 15.1. The first-order chi connectivity index (χ1) is 11.1. The fourth-order valence-electron chi connectivity index (χ4n) is 2.52. The number of urea groups is 1. The van der Waals surface area contributed by atoms with Gasteiger partial charge in [-0.15, -0.1) is 0 Å². The molecule has 1 fully saturated rings. The maximum absolute atomic E-state index is 12.4. The van der Waals surface area contributed by atoms with Gasteiger partial charge in [-0.2, -0.15) is 0 Å². The molecule has 0 radical (unpaired) electrons. The Labute approximate surface area is 134 Å². The molecule has 6 nitrogen and oxygen atoms in total. The molecule has 1 aromatic heterocycles. The number of anilines is 1. The third-order valence-corrected chi connectivity index (χ3v) is 3.81. The van der Waals surface area contributed by atoms with Crippen LogP contribution in [0.25, 0.3) is 0 Å². The van der Waals surface area contributed by atoms with Crippen molar-refractivity contribution in [2.75, 3.05) is 24.5 Å². The highest BCUT2D eigenvalue weighted by atomic mass is 16.3. The predicted molar refractivity (Wildman–Crippen MR) is 86.0 cm³/mol. The molecule has 23 heavy (non-hydrogen) atoms. The third kappa shape index (κ3) is 3.53. The maximum atomic E-state index is 12.4. The Bertz CT molecular complexity index is 680. The van der Waals surface area contributed by atoms with E-state index in [1.54, 1.807) is 28.2 Å². The van der Waals surface area contributed by atoms with E-state index in [9.17, 15) is 9.59 Å². The second-order valence-corrected chi connectivity index (χ2v) is 5.55. The van der Waals surface area contributed by atoms with Crippen LogP contribution in [0.1, 0.15) is 11.3 Å². The van der Waals surface area contributed by atoms with Crippen molar-refractivity contribution in [3.63, 3.8) is 0 Å². The Morgan fingerprint density at radius 3 is 2.70 bits per heavy atom. The van der Waals surface area contributed by atoms with Gasteiger partial charge in [-0.25, -0.2) is 4.79 Å². The van der Waals surface area contributed by atoms with Crippen LogP contribution in [0, 0.1) is 6.92 Å². The van der Waals surface area contributed by atoms with Crippen LogP contribution in [-0.2, 0) is 11.3 Å². The van der Waals surface area contributed by atoms with Crippen molar-refractivity contribution >= 4 is 17.6 Å². The Balaban J connectivity index is 1.54. The summed E-state index contributed by atoms with van der Waals surface area (Å²) in [5.41, 5.74) is 2.01. The highest BCUT2D eigenvalue weighted by Gasteiger charge is 2.30. The summed E-state index contributed by atoms with van der Waals surface area (Å²) in [5, 5.41) is 2.75. The summed E-state index contributed by atoms with van der Waals surface area (Å²) in [6.07, 6.45) is 1.56. The van der Waals surface area contributed by atoms with Crippen LogP contribution in [0.4, 0.5) is 10.5 Å². The van der Waals surface area contributed by atoms with Crippen LogP contribution < -0.4 is 10.2 Å². The van der Waals surface area contributed by atoms with Crippen LogP contribution in [0.5, 0.6) is 0 Å². The van der Waals surface area contributed by atoms with E-state index in [0.29, 0.717) is 25.4 Å². The summed E-state index contributed by atoms with van der Waals surface area (Å²) in [6.45, 7) is 3.52. The predicted octanol–water partition coefficient (Wildman–Crippen LogP) is 2.15. The van der Waals surface area contributed by atoms with Gasteiger partial charge in [0.25, 0.3) is 0 Å². The molecule has 0 saturated carbocycles. The van der Waals surface area contributed by atoms with Gasteiger partial charge in [0.1, 0.15) is 12.3 Å². The lowest BCUT2D eigenvalue weighted by Crippen LogP contribution is -2.39. The molecule has 6 heteroatoms. The van der Waals surface area contributed by atoms with E-state index in [1.165, 1.54) is 0 Å². The van der Waals surface area contributed by atoms with Crippen molar-refractivity contribution in [1.29, 1.82) is 0 Å². The van der Waals surface area contributed by atoms with Crippen LogP contribution in [-0.4, -0.2) is 36.5 Å². The average molecular weight is 313 g/mol. The topological polar surface area (TPSA) is 65.8 Å². The first-order valence-corrected chi connectivity index (χ1v) is 7.55. The zero-order chi connectivity index (χ0) is 16.2. The molecule has 3 rings (SSSR count). The normalized spacial score (nSPS) is 14.4. The molecule has 2 heterocycles. The minimum Gasteiger partial charge on any atom is -0.467 e. The summed E-state index contributed by atoms with van der Waals surface area (Å²) < 4.78 is 5.16. The van der Waals surface area contributed by atoms with Crippen LogP contribution in [0.15, 0.2) is 47.1 Å². The summed E-state index contributed by atoms with van der Waals surface area (Å²) in [5.74, 6) is 0.493. The highest BCUT2D eigenvalue weighted by molar-refractivity contribution is 5.96. The van der Waals surface area contributed by atoms with Gasteiger partial charge in [0, 0.05) is 18.8 Å². The Morgan fingerprint density at radius 2 is 2.00 bits per heavy atom. The number of rotatable bonds is 5. The third-order valence-electron chi connectivity index (χ3n) is 3.81. The number of carbonyl (C=O) groups excluding carboxylic acids is 2. The lowest BCUT2D eigenvalue weighted by atomic mass is 10.2. The summed E-state index contributed by atoms with van der Waals surface area (Å²) >= 11 is 0. The maximum Gasteiger partial charge on any atom is 0.325 e. The number of nitrogens with zero attached hydrogens (tertiary/aromatic N) is 2. The van der Waals surface area contributed by atoms with E-state index in [4.69, 9.17) is 4.42 Å². The molecule has 0 atom stereocenters. The van der Waals surface area contributed by atoms with E-state index >= 15 is 0 Å². The van der Waals surface area contributed by atoms with Crippen molar-refractivity contribution in [1.82, 2.24) is 10.2 Å². The number of nitrogens with one attached hydrogen (secondary N) is 1. The summed E-state index contributed by atoms with van der Waals surface area (Å²) in [7, 11) is 0. The van der Waals surface area contributed by atoms with Crippen LogP contribution in [0.3, 0.4) is 0 Å². The van der Waals surface area contributed by atoms with Gasteiger partial charge >= 0.3 is 6.03 Å². The SMILES string of the molecule is Cc1ccc(N2CCN(CC(=O)NCc3ccco3)C2=O)cc1. The number of aryl methyl sites for hydroxylation is 1. The number of hydrogen-bond acceptors (Lipinski definition) is 3. The van der Waals surface area contributed by atoms with E-state index in [-0.39, 0.29) is 18.5 Å². The van der Waals surface area contributed by atoms with Crippen molar-refractivity contribution < 1.29 is 14.0 Å². The van der Waals surface area contributed by atoms with Crippen LogP contribution >= 0.6 is 0 Å². The standard InChI is InChI=1S/C17H19N3O3/c1-13-4-6-14(7-5-13)20-9-8-19(17(20)22)12-16(21)18-11-15-3-2-10-23-15/h2-7,10H,8-9,11-12H2,1H3,(H,18,21). The molecule has 1 aliphatic rings. The fraction of sp³-hybridized carbons (Fsp3) is 0.294. The van der Waals surface area contributed by atoms with Crippen molar-refractivity contribution in [2.24, 2.45) is 0 Å². The van der Waals surface area contributed by atoms with Gasteiger partial charge < -0.3 is 14.6 Å². The molecule has 0 unspecified atom stereocenters. The number of amides is 3. The van der Waals surface area contributed by atoms with Gasteiger partial charge in [0.05, 0.1) is 12.8 Å². The van der Waals surface area contributed by atoms with E-state index in [1.807, 2.05) is 31.2 Å². The van der Waals surface area contributed by atoms with E-state index in [2.05, 4.69) is 5.32 Å². The van der Waals surface area contributed by atoms with Crippen molar-refractivity contribution in [2.45, 2.75) is 13.5 Å². The zero-order valence-electron chi connectivity index (χ0n) is 13.0. The molecule has 2 aromatic rings. The largest absolute Gasteiger partial charge is 0.467 e. The van der Waals surface area contributed by atoms with Crippen molar-refractivity contribution in [3.8, 4) is 0 Å². The van der Waals surface area contributed by atoms with Crippen molar-refractivity contribution in [3.05, 3.63) is 54.0 Å². The molecular formula is C17H19N3O3. The molecule has 0 bridgehead atoms. The molecule has 1 aliphatic heterocycles. The fourth-order valence-corrected chi connectivity index (χ4v) is 2.52. The zero-order valence-corrected chi connectivity index (χ0v) is 13.0. The van der Waals surface area contributed by atoms with Gasteiger partial charge in [-0.1, -0.05) is 17.7 Å².